The molecule has 24 heavy (non-hydrogen) atoms. The molecule has 0 aliphatic heterocycles. The van der Waals surface area contributed by atoms with E-state index in [1.165, 1.54) is 0 Å². The number of alkyl halides is 1. The Morgan fingerprint density at radius 2 is 2.08 bits per heavy atom. The first-order valence-electron chi connectivity index (χ1n) is 7.99. The minimum absolute atomic E-state index is 0.342. The maximum Gasteiger partial charge on any atom is 0.145 e. The molecule has 0 radical (unpaired) electrons. The van der Waals surface area contributed by atoms with Crippen molar-refractivity contribution in [3.8, 4) is 6.07 Å². The number of halogens is 1. The number of likely N-dealkylation sites (N-methyl/N-ethyl adjacent to an activating group) is 1. The topological polar surface area (TPSA) is 54.1 Å². The third-order valence-electron chi connectivity index (χ3n) is 3.56. The van der Waals surface area contributed by atoms with Crippen LogP contribution in [0.25, 0.3) is 0 Å². The van der Waals surface area contributed by atoms with Crippen LogP contribution in [0.3, 0.4) is 0 Å². The highest BCUT2D eigenvalue weighted by atomic mass is 35.5. The van der Waals surface area contributed by atoms with Gasteiger partial charge in [-0.3, -0.25) is 0 Å². The second-order valence-electron chi connectivity index (χ2n) is 5.84. The molecule has 0 N–H and O–H groups in total. The molecule has 2 rings (SSSR count). The van der Waals surface area contributed by atoms with Gasteiger partial charge < -0.3 is 14.2 Å². The lowest BCUT2D eigenvalue weighted by Crippen LogP contribution is -2.27. The third-order valence-corrected chi connectivity index (χ3v) is 3.81. The van der Waals surface area contributed by atoms with Crippen molar-refractivity contribution in [2.75, 3.05) is 20.6 Å². The van der Waals surface area contributed by atoms with E-state index in [1.807, 2.05) is 60.1 Å². The molecule has 0 amide bonds. The first-order chi connectivity index (χ1) is 11.6. The number of hydrogen-bond donors (Lipinski definition) is 0. The zero-order chi connectivity index (χ0) is 17.4. The maximum atomic E-state index is 8.73. The Morgan fingerprint density at radius 3 is 2.75 bits per heavy atom. The summed E-state index contributed by atoms with van der Waals surface area (Å²) in [6.45, 7) is 1.34. The number of nitriles is 1. The van der Waals surface area contributed by atoms with E-state index in [4.69, 9.17) is 21.6 Å². The van der Waals surface area contributed by atoms with Gasteiger partial charge in [-0.05, 0) is 26.1 Å². The summed E-state index contributed by atoms with van der Waals surface area (Å²) in [6, 6.07) is 12.1. The van der Waals surface area contributed by atoms with E-state index in [-0.39, 0.29) is 6.10 Å². The summed E-state index contributed by atoms with van der Waals surface area (Å²) in [6.07, 6.45) is 4.64. The molecule has 0 saturated carbocycles. The molecule has 1 aromatic heterocycles. The monoisotopic (exact) mass is 346 g/mol. The number of nitrogens with zero attached hydrogens (tertiary/aromatic N) is 4. The van der Waals surface area contributed by atoms with Crippen molar-refractivity contribution in [3.63, 3.8) is 0 Å². The highest BCUT2D eigenvalue weighted by Crippen LogP contribution is 2.27. The van der Waals surface area contributed by atoms with Gasteiger partial charge in [-0.15, -0.1) is 0 Å². The summed E-state index contributed by atoms with van der Waals surface area (Å²) in [4.78, 5) is 6.47. The van der Waals surface area contributed by atoms with E-state index in [9.17, 15) is 0 Å². The Kier molecular flexibility index (Phi) is 7.26. The molecule has 0 saturated heterocycles. The van der Waals surface area contributed by atoms with Crippen molar-refractivity contribution < 1.29 is 4.74 Å². The zero-order valence-electron chi connectivity index (χ0n) is 14.1. The number of unbranched alkanes of at least 4 members (excludes halogenated alkanes) is 1. The average molecular weight is 347 g/mol. The van der Waals surface area contributed by atoms with E-state index in [1.54, 1.807) is 6.20 Å². The van der Waals surface area contributed by atoms with Gasteiger partial charge in [0.1, 0.15) is 17.5 Å². The van der Waals surface area contributed by atoms with E-state index in [2.05, 4.69) is 11.1 Å². The predicted octanol–water partition coefficient (Wildman–Crippen LogP) is 3.42. The number of rotatable bonds is 9. The van der Waals surface area contributed by atoms with Crippen LogP contribution in [-0.4, -0.2) is 40.7 Å². The molecule has 6 heteroatoms. The molecule has 0 spiro atoms. The van der Waals surface area contributed by atoms with Gasteiger partial charge in [-0.1, -0.05) is 41.9 Å². The van der Waals surface area contributed by atoms with E-state index >= 15 is 0 Å². The van der Waals surface area contributed by atoms with Crippen molar-refractivity contribution in [2.45, 2.75) is 31.1 Å². The molecule has 0 aliphatic rings. The van der Waals surface area contributed by atoms with Gasteiger partial charge in [0.25, 0.3) is 0 Å². The van der Waals surface area contributed by atoms with Gasteiger partial charge in [0, 0.05) is 31.9 Å². The van der Waals surface area contributed by atoms with Gasteiger partial charge in [0.15, 0.2) is 0 Å². The summed E-state index contributed by atoms with van der Waals surface area (Å²) >= 11 is 6.37. The largest absolute Gasteiger partial charge is 0.345 e. The second kappa shape index (κ2) is 9.43. The van der Waals surface area contributed by atoms with Crippen LogP contribution in [0.4, 0.5) is 0 Å². The summed E-state index contributed by atoms with van der Waals surface area (Å²) in [5, 5.41) is 8.73. The van der Waals surface area contributed by atoms with Gasteiger partial charge in [0.2, 0.25) is 0 Å². The van der Waals surface area contributed by atoms with E-state index in [0.29, 0.717) is 13.0 Å². The van der Waals surface area contributed by atoms with Gasteiger partial charge >= 0.3 is 0 Å². The lowest BCUT2D eigenvalue weighted by Gasteiger charge is -2.24. The summed E-state index contributed by atoms with van der Waals surface area (Å²) < 4.78 is 8.15. The highest BCUT2D eigenvalue weighted by molar-refractivity contribution is 6.19. The molecular weight excluding hydrogens is 324 g/mol. The summed E-state index contributed by atoms with van der Waals surface area (Å²) in [7, 11) is 3.91. The van der Waals surface area contributed by atoms with Crippen molar-refractivity contribution in [1.29, 1.82) is 5.26 Å². The van der Waals surface area contributed by atoms with Crippen LogP contribution in [0.2, 0.25) is 0 Å². The molecule has 5 nitrogen and oxygen atoms in total. The minimum Gasteiger partial charge on any atom is -0.345 e. The van der Waals surface area contributed by atoms with E-state index < -0.39 is 5.56 Å². The molecule has 0 aliphatic carbocycles. The molecular formula is C18H23ClN4O. The van der Waals surface area contributed by atoms with Crippen LogP contribution in [0.5, 0.6) is 0 Å². The summed E-state index contributed by atoms with van der Waals surface area (Å²) in [5.74, 6) is 0.809. The Labute approximate surface area is 148 Å². The number of aromatic nitrogens is 2. The van der Waals surface area contributed by atoms with E-state index in [0.717, 1.165) is 24.4 Å². The highest BCUT2D eigenvalue weighted by Gasteiger charge is 2.23. The third kappa shape index (κ3) is 5.34. The fourth-order valence-corrected chi connectivity index (χ4v) is 2.85. The van der Waals surface area contributed by atoms with Gasteiger partial charge in [-0.25, -0.2) is 4.98 Å². The number of hydrogen-bond acceptors (Lipinski definition) is 4. The molecule has 0 fully saturated rings. The quantitative estimate of drug-likeness (QED) is 0.515. The molecule has 1 aromatic carbocycles. The van der Waals surface area contributed by atoms with Crippen molar-refractivity contribution in [1.82, 2.24) is 14.5 Å². The summed E-state index contributed by atoms with van der Waals surface area (Å²) in [5.41, 5.74) is 0.559. The van der Waals surface area contributed by atoms with Gasteiger partial charge in [-0.2, -0.15) is 5.26 Å². The van der Waals surface area contributed by atoms with Gasteiger partial charge in [0.05, 0.1) is 6.07 Å². The van der Waals surface area contributed by atoms with Crippen molar-refractivity contribution in [3.05, 3.63) is 54.1 Å². The van der Waals surface area contributed by atoms with Crippen molar-refractivity contribution >= 4 is 11.6 Å². The molecule has 128 valence electrons. The molecule has 2 atom stereocenters. The average Bonchev–Trinajstić information content (AvgIpc) is 3.01. The Morgan fingerprint density at radius 1 is 1.33 bits per heavy atom. The first kappa shape index (κ1) is 18.5. The smallest absolute Gasteiger partial charge is 0.145 e. The SMILES string of the molecule is CN(C)CC(Cl)OC(c1ccccc1)c1nccn1CCCC#N. The van der Waals surface area contributed by atoms with Crippen LogP contribution in [-0.2, 0) is 11.3 Å². The fraction of sp³-hybridized carbons (Fsp3) is 0.444. The number of imidazole rings is 1. The number of aryl methyl sites for hydroxylation is 1. The lowest BCUT2D eigenvalue weighted by molar-refractivity contribution is 0.0354. The van der Waals surface area contributed by atoms with Crippen LogP contribution in [0.1, 0.15) is 30.3 Å². The zero-order valence-corrected chi connectivity index (χ0v) is 14.9. The second-order valence-corrected chi connectivity index (χ2v) is 6.33. The molecule has 2 unspecified atom stereocenters. The van der Waals surface area contributed by atoms with Crippen LogP contribution in [0, 0.1) is 11.3 Å². The maximum absolute atomic E-state index is 8.73. The number of ether oxygens (including phenoxy) is 1. The van der Waals surface area contributed by atoms with Crippen LogP contribution in [0.15, 0.2) is 42.7 Å². The Bertz CT molecular complexity index is 651. The first-order valence-corrected chi connectivity index (χ1v) is 8.42. The van der Waals surface area contributed by atoms with Crippen LogP contribution >= 0.6 is 11.6 Å². The standard InChI is InChI=1S/C18H23ClN4O/c1-22(2)14-16(19)24-17(15-8-4-3-5-9-15)18-21-11-13-23(18)12-7-6-10-20/h3-5,8-9,11,13,16-17H,6-7,12,14H2,1-2H3. The fourth-order valence-electron chi connectivity index (χ4n) is 2.47. The molecule has 1 heterocycles. The molecule has 2 aromatic rings. The normalized spacial score (nSPS) is 13.6. The minimum atomic E-state index is -0.450. The molecule has 0 bridgehead atoms. The van der Waals surface area contributed by atoms with Crippen molar-refractivity contribution in [2.24, 2.45) is 0 Å². The Balaban J connectivity index is 2.23. The Hall–Kier alpha value is -1.87. The lowest BCUT2D eigenvalue weighted by atomic mass is 10.1. The number of benzene rings is 1. The van der Waals surface area contributed by atoms with Crippen LogP contribution < -0.4 is 0 Å². The predicted molar refractivity (Wildman–Crippen MR) is 94.6 cm³/mol.